The van der Waals surface area contributed by atoms with Crippen molar-refractivity contribution >= 4 is 49.2 Å². The molecule has 0 unspecified atom stereocenters. The Morgan fingerprint density at radius 3 is 1.59 bits per heavy atom. The standard InChI is InChI=1S/C49H36N2/c1-3-4-7-17-34(2)38-28-39(36-20-10-6-11-21-36)31-41(30-38)51-47-27-15-13-25-43(47)45-32-48-44(33-49(45)51)42-24-12-14-26-46(42)50(48)40-23-16-22-37(29-40)35-18-8-5-9-19-35/h3-33H,1H2,2H3/b7-4-,34-17+. The van der Waals surface area contributed by atoms with Crippen LogP contribution in [0.5, 0.6) is 0 Å². The Bertz CT molecular complexity index is 2810. The first-order valence-corrected chi connectivity index (χ1v) is 17.5. The minimum atomic E-state index is 1.14. The van der Waals surface area contributed by atoms with Crippen molar-refractivity contribution in [2.45, 2.75) is 6.92 Å². The average molecular weight is 653 g/mol. The van der Waals surface area contributed by atoms with E-state index in [0.29, 0.717) is 0 Å². The number of rotatable bonds is 7. The van der Waals surface area contributed by atoms with E-state index in [1.165, 1.54) is 77.0 Å². The van der Waals surface area contributed by atoms with Crippen molar-refractivity contribution < 1.29 is 0 Å². The van der Waals surface area contributed by atoms with E-state index in [2.05, 4.69) is 199 Å². The van der Waals surface area contributed by atoms with Crippen molar-refractivity contribution in [1.29, 1.82) is 0 Å². The quantitative estimate of drug-likeness (QED) is 0.152. The largest absolute Gasteiger partial charge is 0.309 e. The number of para-hydroxylation sites is 2. The monoisotopic (exact) mass is 652 g/mol. The lowest BCUT2D eigenvalue weighted by Crippen LogP contribution is -1.97. The normalized spacial score (nSPS) is 12.1. The molecule has 0 spiro atoms. The van der Waals surface area contributed by atoms with Gasteiger partial charge in [0.05, 0.1) is 22.1 Å². The van der Waals surface area contributed by atoms with Crippen LogP contribution in [-0.4, -0.2) is 9.13 Å². The molecule has 9 rings (SSSR count). The fourth-order valence-electron chi connectivity index (χ4n) is 7.58. The molecule has 242 valence electrons. The second kappa shape index (κ2) is 12.7. The summed E-state index contributed by atoms with van der Waals surface area (Å²) in [7, 11) is 0. The maximum atomic E-state index is 3.84. The van der Waals surface area contributed by atoms with Gasteiger partial charge in [-0.25, -0.2) is 0 Å². The van der Waals surface area contributed by atoms with E-state index in [0.717, 1.165) is 11.4 Å². The molecule has 2 nitrogen and oxygen atoms in total. The average Bonchev–Trinajstić information content (AvgIpc) is 3.69. The molecule has 2 heteroatoms. The Morgan fingerprint density at radius 2 is 0.961 bits per heavy atom. The molecule has 7 aromatic carbocycles. The molecule has 0 aliphatic heterocycles. The Kier molecular flexibility index (Phi) is 7.56. The van der Waals surface area contributed by atoms with Crippen LogP contribution in [0, 0.1) is 0 Å². The molecule has 2 aromatic heterocycles. The van der Waals surface area contributed by atoms with Gasteiger partial charge >= 0.3 is 0 Å². The van der Waals surface area contributed by atoms with Crippen LogP contribution in [0.3, 0.4) is 0 Å². The van der Waals surface area contributed by atoms with Gasteiger partial charge < -0.3 is 9.13 Å². The third-order valence-corrected chi connectivity index (χ3v) is 10.0. The lowest BCUT2D eigenvalue weighted by atomic mass is 9.98. The Morgan fingerprint density at radius 1 is 0.431 bits per heavy atom. The van der Waals surface area contributed by atoms with Crippen LogP contribution >= 0.6 is 0 Å². The Hall–Kier alpha value is -6.64. The topological polar surface area (TPSA) is 9.86 Å². The SMILES string of the molecule is C=C/C=C\C=C(/C)c1cc(-c2ccccc2)cc(-n2c3ccccc3c3cc4c(cc32)c2ccccc2n4-c2cccc(-c3ccccc3)c2)c1. The van der Waals surface area contributed by atoms with Gasteiger partial charge in [-0.1, -0.05) is 140 Å². The highest BCUT2D eigenvalue weighted by Crippen LogP contribution is 2.41. The molecule has 0 fully saturated rings. The first kappa shape index (κ1) is 30.4. The van der Waals surface area contributed by atoms with E-state index in [1.807, 2.05) is 12.2 Å². The summed E-state index contributed by atoms with van der Waals surface area (Å²) in [4.78, 5) is 0. The number of hydrogen-bond acceptors (Lipinski definition) is 0. The highest BCUT2D eigenvalue weighted by Gasteiger charge is 2.19. The van der Waals surface area contributed by atoms with Crippen molar-refractivity contribution in [3.05, 3.63) is 200 Å². The molecule has 0 aliphatic carbocycles. The predicted octanol–water partition coefficient (Wildman–Crippen LogP) is 13.4. The molecule has 9 aromatic rings. The number of nitrogens with zero attached hydrogens (tertiary/aromatic N) is 2. The van der Waals surface area contributed by atoms with Gasteiger partial charge in [0.2, 0.25) is 0 Å². The van der Waals surface area contributed by atoms with Crippen LogP contribution in [0.1, 0.15) is 12.5 Å². The molecular formula is C49H36N2. The van der Waals surface area contributed by atoms with Gasteiger partial charge in [-0.15, -0.1) is 0 Å². The second-order valence-corrected chi connectivity index (χ2v) is 13.1. The summed E-state index contributed by atoms with van der Waals surface area (Å²) in [5.41, 5.74) is 14.2. The van der Waals surface area contributed by atoms with Crippen molar-refractivity contribution in [1.82, 2.24) is 9.13 Å². The lowest BCUT2D eigenvalue weighted by molar-refractivity contribution is 1.17. The van der Waals surface area contributed by atoms with Crippen LogP contribution in [0.2, 0.25) is 0 Å². The minimum Gasteiger partial charge on any atom is -0.309 e. The minimum absolute atomic E-state index is 1.14. The number of fused-ring (bicyclic) bond motifs is 6. The first-order chi connectivity index (χ1) is 25.2. The fourth-order valence-corrected chi connectivity index (χ4v) is 7.58. The van der Waals surface area contributed by atoms with Crippen molar-refractivity contribution in [2.75, 3.05) is 0 Å². The summed E-state index contributed by atoms with van der Waals surface area (Å²) in [5.74, 6) is 0. The predicted molar refractivity (Wildman–Crippen MR) is 219 cm³/mol. The van der Waals surface area contributed by atoms with Gasteiger partial charge in [0.15, 0.2) is 0 Å². The van der Waals surface area contributed by atoms with Gasteiger partial charge in [-0.05, 0) is 94.9 Å². The number of allylic oxidation sites excluding steroid dienone is 5. The van der Waals surface area contributed by atoms with Gasteiger partial charge in [0.1, 0.15) is 0 Å². The molecule has 0 amide bonds. The van der Waals surface area contributed by atoms with Gasteiger partial charge in [-0.2, -0.15) is 0 Å². The molecule has 0 bridgehead atoms. The van der Waals surface area contributed by atoms with E-state index in [-0.39, 0.29) is 0 Å². The molecule has 2 heterocycles. The van der Waals surface area contributed by atoms with E-state index in [4.69, 9.17) is 0 Å². The summed E-state index contributed by atoms with van der Waals surface area (Å²) in [6.07, 6.45) is 8.00. The Labute approximate surface area is 298 Å². The smallest absolute Gasteiger partial charge is 0.0548 e. The number of benzene rings is 7. The second-order valence-electron chi connectivity index (χ2n) is 13.1. The zero-order valence-corrected chi connectivity index (χ0v) is 28.5. The summed E-state index contributed by atoms with van der Waals surface area (Å²) in [5, 5.41) is 4.94. The molecule has 0 N–H and O–H groups in total. The maximum Gasteiger partial charge on any atom is 0.0548 e. The van der Waals surface area contributed by atoms with Gasteiger partial charge in [-0.3, -0.25) is 0 Å². The van der Waals surface area contributed by atoms with E-state index >= 15 is 0 Å². The summed E-state index contributed by atoms with van der Waals surface area (Å²) < 4.78 is 4.89. The van der Waals surface area contributed by atoms with E-state index in [9.17, 15) is 0 Å². The molecule has 0 atom stereocenters. The number of hydrogen-bond donors (Lipinski definition) is 0. The van der Waals surface area contributed by atoms with Crippen LogP contribution in [0.25, 0.3) is 82.8 Å². The van der Waals surface area contributed by atoms with Crippen molar-refractivity contribution in [2.24, 2.45) is 0 Å². The van der Waals surface area contributed by atoms with Crippen LogP contribution in [0.4, 0.5) is 0 Å². The number of aromatic nitrogens is 2. The molecule has 0 aliphatic rings. The molecule has 0 saturated carbocycles. The van der Waals surface area contributed by atoms with Gasteiger partial charge in [0.25, 0.3) is 0 Å². The van der Waals surface area contributed by atoms with Crippen LogP contribution in [-0.2, 0) is 0 Å². The van der Waals surface area contributed by atoms with Gasteiger partial charge in [0, 0.05) is 32.9 Å². The van der Waals surface area contributed by atoms with E-state index in [1.54, 1.807) is 0 Å². The molecule has 0 saturated heterocycles. The Balaban J connectivity index is 1.33. The zero-order chi connectivity index (χ0) is 34.3. The summed E-state index contributed by atoms with van der Waals surface area (Å²) >= 11 is 0. The first-order valence-electron chi connectivity index (χ1n) is 17.5. The van der Waals surface area contributed by atoms with E-state index < -0.39 is 0 Å². The zero-order valence-electron chi connectivity index (χ0n) is 28.5. The lowest BCUT2D eigenvalue weighted by Gasteiger charge is -2.14. The molecular weight excluding hydrogens is 617 g/mol. The summed E-state index contributed by atoms with van der Waals surface area (Å²) in [6, 6.07) is 59.6. The van der Waals surface area contributed by atoms with Crippen molar-refractivity contribution in [3.63, 3.8) is 0 Å². The summed E-state index contributed by atoms with van der Waals surface area (Å²) in [6.45, 7) is 6.02. The van der Waals surface area contributed by atoms with Crippen LogP contribution in [0.15, 0.2) is 195 Å². The maximum absolute atomic E-state index is 3.84. The van der Waals surface area contributed by atoms with Crippen LogP contribution < -0.4 is 0 Å². The highest BCUT2D eigenvalue weighted by molar-refractivity contribution is 6.19. The fraction of sp³-hybridized carbons (Fsp3) is 0.0204. The third kappa shape index (κ3) is 5.29. The molecule has 51 heavy (non-hydrogen) atoms. The molecule has 0 radical (unpaired) electrons. The van der Waals surface area contributed by atoms with Crippen molar-refractivity contribution in [3.8, 4) is 33.6 Å². The highest BCUT2D eigenvalue weighted by atomic mass is 15.0. The third-order valence-electron chi connectivity index (χ3n) is 10.0.